The van der Waals surface area contributed by atoms with Gasteiger partial charge in [-0.2, -0.15) is 4.39 Å². The van der Waals surface area contributed by atoms with E-state index < -0.39 is 16.4 Å². The molecule has 0 atom stereocenters. The molecule has 0 saturated carbocycles. The number of carbonyl (C=O) groups is 2. The number of allylic oxidation sites excluding steroid dienone is 1. The molecule has 1 fully saturated rings. The van der Waals surface area contributed by atoms with Gasteiger partial charge in [0, 0.05) is 60.1 Å². The minimum atomic E-state index is -0.944. The number of rotatable bonds is 12. The fourth-order valence-electron chi connectivity index (χ4n) is 4.42. The average Bonchev–Trinajstić information content (AvgIpc) is 2.99. The SMILES string of the molecule is CN1CCN(CCCNC(=O)c2ccc(C(=O)C(=Cc3ccc(F)c([N+](=O)[O-])c3)SCc3ccc(Br)cc3)cc2)CC1. The van der Waals surface area contributed by atoms with E-state index >= 15 is 0 Å². The molecule has 3 aromatic carbocycles. The van der Waals surface area contributed by atoms with Crippen LogP contribution in [0.3, 0.4) is 0 Å². The van der Waals surface area contributed by atoms with Gasteiger partial charge in [-0.15, -0.1) is 11.8 Å². The molecule has 0 unspecified atom stereocenters. The molecular formula is C31H32BrFN4O4S. The molecule has 4 rings (SSSR count). The zero-order chi connectivity index (χ0) is 30.1. The van der Waals surface area contributed by atoms with Crippen molar-refractivity contribution in [2.75, 3.05) is 46.3 Å². The number of nitro groups is 1. The molecule has 0 aromatic heterocycles. The Bertz CT molecular complexity index is 1440. The lowest BCUT2D eigenvalue weighted by molar-refractivity contribution is -0.387. The second-order valence-corrected chi connectivity index (χ2v) is 12.0. The summed E-state index contributed by atoms with van der Waals surface area (Å²) in [5, 5.41) is 14.2. The van der Waals surface area contributed by atoms with E-state index in [1.807, 2.05) is 24.3 Å². The molecule has 1 aliphatic heterocycles. The van der Waals surface area contributed by atoms with E-state index in [0.717, 1.165) is 61.3 Å². The van der Waals surface area contributed by atoms with Crippen molar-refractivity contribution >= 4 is 51.1 Å². The summed E-state index contributed by atoms with van der Waals surface area (Å²) in [7, 11) is 2.12. The number of nitrogens with zero attached hydrogens (tertiary/aromatic N) is 3. The predicted octanol–water partition coefficient (Wildman–Crippen LogP) is 6.02. The molecule has 8 nitrogen and oxygen atoms in total. The van der Waals surface area contributed by atoms with Gasteiger partial charge in [-0.1, -0.05) is 46.3 Å². The Kier molecular flexibility index (Phi) is 11.4. The van der Waals surface area contributed by atoms with Crippen molar-refractivity contribution in [1.29, 1.82) is 0 Å². The van der Waals surface area contributed by atoms with Crippen molar-refractivity contribution in [3.8, 4) is 0 Å². The highest BCUT2D eigenvalue weighted by atomic mass is 79.9. The number of nitrogens with one attached hydrogen (secondary N) is 1. The molecule has 42 heavy (non-hydrogen) atoms. The minimum absolute atomic E-state index is 0.202. The summed E-state index contributed by atoms with van der Waals surface area (Å²) in [4.78, 5) is 41.7. The van der Waals surface area contributed by atoms with Crippen LogP contribution in [0.15, 0.2) is 76.1 Å². The Morgan fingerprint density at radius 3 is 2.36 bits per heavy atom. The van der Waals surface area contributed by atoms with Crippen LogP contribution in [0, 0.1) is 15.9 Å². The number of hydrogen-bond donors (Lipinski definition) is 1. The normalized spacial score (nSPS) is 14.5. The Morgan fingerprint density at radius 2 is 1.69 bits per heavy atom. The molecule has 1 saturated heterocycles. The van der Waals surface area contributed by atoms with E-state index in [1.165, 1.54) is 23.9 Å². The first-order chi connectivity index (χ1) is 20.2. The molecule has 0 spiro atoms. The summed E-state index contributed by atoms with van der Waals surface area (Å²) >= 11 is 4.69. The standard InChI is InChI=1S/C31H32BrFN4O4S/c1-35-15-17-36(18-16-35)14-2-13-34-31(39)25-8-6-24(7-9-25)30(38)29(42-21-22-3-10-26(32)11-4-22)20-23-5-12-27(33)28(19-23)37(40)41/h3-12,19-20H,2,13-18,21H2,1H3,(H,34,39). The first kappa shape index (κ1) is 31.6. The van der Waals surface area contributed by atoms with E-state index in [4.69, 9.17) is 0 Å². The van der Waals surface area contributed by atoms with E-state index in [2.05, 4.69) is 38.1 Å². The van der Waals surface area contributed by atoms with Gasteiger partial charge in [0.15, 0.2) is 5.78 Å². The number of carbonyl (C=O) groups excluding carboxylic acids is 2. The van der Waals surface area contributed by atoms with Gasteiger partial charge < -0.3 is 15.1 Å². The van der Waals surface area contributed by atoms with Gasteiger partial charge in [0.1, 0.15) is 0 Å². The van der Waals surface area contributed by atoms with Crippen LogP contribution < -0.4 is 5.32 Å². The number of ketones is 1. The lowest BCUT2D eigenvalue weighted by Crippen LogP contribution is -2.45. The maximum Gasteiger partial charge on any atom is 0.305 e. The van der Waals surface area contributed by atoms with Crippen LogP contribution in [-0.2, 0) is 5.75 Å². The molecule has 1 N–H and O–H groups in total. The Hall–Kier alpha value is -3.38. The van der Waals surface area contributed by atoms with E-state index in [0.29, 0.717) is 33.9 Å². The van der Waals surface area contributed by atoms with Crippen molar-refractivity contribution in [2.24, 2.45) is 0 Å². The first-order valence-electron chi connectivity index (χ1n) is 13.6. The molecule has 1 amide bonds. The number of thioether (sulfide) groups is 1. The molecule has 0 aliphatic carbocycles. The van der Waals surface area contributed by atoms with Gasteiger partial charge in [-0.05, 0) is 67.5 Å². The monoisotopic (exact) mass is 654 g/mol. The van der Waals surface area contributed by atoms with Crippen molar-refractivity contribution in [2.45, 2.75) is 12.2 Å². The third kappa shape index (κ3) is 9.06. The third-order valence-corrected chi connectivity index (χ3v) is 8.56. The number of likely N-dealkylation sites (N-methyl/N-ethyl adjacent to an activating group) is 1. The lowest BCUT2D eigenvalue weighted by Gasteiger charge is -2.32. The summed E-state index contributed by atoms with van der Waals surface area (Å²) in [6.07, 6.45) is 2.39. The number of hydrogen-bond acceptors (Lipinski definition) is 7. The molecule has 1 heterocycles. The van der Waals surface area contributed by atoms with E-state index in [1.54, 1.807) is 24.3 Å². The largest absolute Gasteiger partial charge is 0.352 e. The Morgan fingerprint density at radius 1 is 1.02 bits per heavy atom. The fraction of sp³-hybridized carbons (Fsp3) is 0.290. The number of amides is 1. The molecule has 1 aliphatic rings. The summed E-state index contributed by atoms with van der Waals surface area (Å²) in [5.41, 5.74) is 1.47. The summed E-state index contributed by atoms with van der Waals surface area (Å²) in [6.45, 7) is 5.69. The van der Waals surface area contributed by atoms with Gasteiger partial charge in [-0.3, -0.25) is 19.7 Å². The maximum atomic E-state index is 13.9. The molecule has 0 bridgehead atoms. The predicted molar refractivity (Wildman–Crippen MR) is 168 cm³/mol. The van der Waals surface area contributed by atoms with Crippen molar-refractivity contribution in [3.05, 3.63) is 114 Å². The summed E-state index contributed by atoms with van der Waals surface area (Å²) < 4.78 is 14.8. The number of benzene rings is 3. The molecular weight excluding hydrogens is 623 g/mol. The summed E-state index contributed by atoms with van der Waals surface area (Å²) in [6, 6.07) is 17.6. The average molecular weight is 656 g/mol. The van der Waals surface area contributed by atoms with Crippen LogP contribution in [0.2, 0.25) is 0 Å². The van der Waals surface area contributed by atoms with Crippen LogP contribution in [-0.4, -0.2) is 72.7 Å². The van der Waals surface area contributed by atoms with Gasteiger partial charge in [-0.25, -0.2) is 0 Å². The van der Waals surface area contributed by atoms with Crippen LogP contribution in [0.25, 0.3) is 6.08 Å². The van der Waals surface area contributed by atoms with Crippen LogP contribution in [0.4, 0.5) is 10.1 Å². The lowest BCUT2D eigenvalue weighted by atomic mass is 10.1. The van der Waals surface area contributed by atoms with E-state index in [9.17, 15) is 24.1 Å². The number of Topliss-reactive ketones (excluding diaryl/α,β-unsaturated/α-hetero) is 1. The van der Waals surface area contributed by atoms with Crippen LogP contribution in [0.5, 0.6) is 0 Å². The molecule has 220 valence electrons. The topological polar surface area (TPSA) is 95.8 Å². The molecule has 0 radical (unpaired) electrons. The highest BCUT2D eigenvalue weighted by molar-refractivity contribution is 9.10. The van der Waals surface area contributed by atoms with Crippen molar-refractivity contribution in [3.63, 3.8) is 0 Å². The van der Waals surface area contributed by atoms with Gasteiger partial charge in [0.05, 0.1) is 9.83 Å². The van der Waals surface area contributed by atoms with Gasteiger partial charge >= 0.3 is 5.69 Å². The molecule has 11 heteroatoms. The first-order valence-corrected chi connectivity index (χ1v) is 15.3. The maximum absolute atomic E-state index is 13.9. The minimum Gasteiger partial charge on any atom is -0.352 e. The molecule has 3 aromatic rings. The Labute approximate surface area is 257 Å². The smallest absolute Gasteiger partial charge is 0.305 e. The highest BCUT2D eigenvalue weighted by Gasteiger charge is 2.18. The number of nitro benzene ring substituents is 1. The van der Waals surface area contributed by atoms with Crippen LogP contribution >= 0.6 is 27.7 Å². The van der Waals surface area contributed by atoms with E-state index in [-0.39, 0.29) is 11.7 Å². The zero-order valence-electron chi connectivity index (χ0n) is 23.2. The van der Waals surface area contributed by atoms with Gasteiger partial charge in [0.2, 0.25) is 5.82 Å². The second-order valence-electron chi connectivity index (χ2n) is 10.1. The summed E-state index contributed by atoms with van der Waals surface area (Å²) in [5.74, 6) is -0.974. The fourth-order valence-corrected chi connectivity index (χ4v) is 5.67. The van der Waals surface area contributed by atoms with Crippen molar-refractivity contribution in [1.82, 2.24) is 15.1 Å². The van der Waals surface area contributed by atoms with Gasteiger partial charge in [0.25, 0.3) is 5.91 Å². The quantitative estimate of drug-likeness (QED) is 0.0839. The second kappa shape index (κ2) is 15.2. The zero-order valence-corrected chi connectivity index (χ0v) is 25.6. The Balaban J connectivity index is 1.43. The van der Waals surface area contributed by atoms with Crippen LogP contribution in [0.1, 0.15) is 38.3 Å². The third-order valence-electron chi connectivity index (χ3n) is 6.94. The van der Waals surface area contributed by atoms with Crippen molar-refractivity contribution < 1.29 is 18.9 Å². The number of piperazine rings is 1. The number of halogens is 2. The highest BCUT2D eigenvalue weighted by Crippen LogP contribution is 2.29.